The van der Waals surface area contributed by atoms with Gasteiger partial charge in [-0.3, -0.25) is 19.3 Å². The van der Waals surface area contributed by atoms with Gasteiger partial charge in [-0.05, 0) is 51.6 Å². The molecule has 216 valence electrons. The van der Waals surface area contributed by atoms with Gasteiger partial charge in [0.15, 0.2) is 5.78 Å². The van der Waals surface area contributed by atoms with Crippen molar-refractivity contribution in [1.82, 2.24) is 24.9 Å². The first-order valence-electron chi connectivity index (χ1n) is 14.8. The molecule has 6 rings (SSSR count). The number of carbonyl (C=O) groups excluding carboxylic acids is 3. The summed E-state index contributed by atoms with van der Waals surface area (Å²) >= 11 is 6.61. The van der Waals surface area contributed by atoms with Crippen molar-refractivity contribution in [2.24, 2.45) is 5.92 Å². The van der Waals surface area contributed by atoms with E-state index in [1.807, 2.05) is 0 Å². The molecule has 2 saturated carbocycles. The third kappa shape index (κ3) is 5.22. The van der Waals surface area contributed by atoms with Crippen molar-refractivity contribution in [1.29, 1.82) is 0 Å². The number of hydrogen-bond acceptors (Lipinski definition) is 7. The number of carbonyl (C=O) groups is 3. The van der Waals surface area contributed by atoms with E-state index in [1.165, 1.54) is 12.8 Å². The number of morpholine rings is 1. The number of Topliss-reactive ketones (excluding diaryl/α,β-unsaturated/α-hetero) is 1. The van der Waals surface area contributed by atoms with Gasteiger partial charge in [-0.15, -0.1) is 11.6 Å². The number of ketones is 1. The molecule has 5 fully saturated rings. The molecule has 9 nitrogen and oxygen atoms in total. The Labute approximate surface area is 235 Å². The fourth-order valence-corrected chi connectivity index (χ4v) is 8.20. The van der Waals surface area contributed by atoms with Crippen molar-refractivity contribution in [2.75, 3.05) is 52.4 Å². The number of halogens is 2. The van der Waals surface area contributed by atoms with Gasteiger partial charge in [0.25, 0.3) is 5.91 Å². The van der Waals surface area contributed by atoms with E-state index < -0.39 is 24.2 Å². The predicted octanol–water partition coefficient (Wildman–Crippen LogP) is 1.15. The summed E-state index contributed by atoms with van der Waals surface area (Å²) < 4.78 is 22.8. The predicted molar refractivity (Wildman–Crippen MR) is 144 cm³/mol. The molecule has 6 aliphatic rings. The van der Waals surface area contributed by atoms with Crippen LogP contribution in [0.1, 0.15) is 45.4 Å². The van der Waals surface area contributed by atoms with Crippen LogP contribution in [0.3, 0.4) is 0 Å². The minimum atomic E-state index is -1.26. The van der Waals surface area contributed by atoms with Crippen molar-refractivity contribution < 1.29 is 23.5 Å². The molecule has 0 aromatic heterocycles. The summed E-state index contributed by atoms with van der Waals surface area (Å²) in [5, 5.41) is 2.96. The highest BCUT2D eigenvalue weighted by Crippen LogP contribution is 2.47. The molecule has 2 aliphatic carbocycles. The Morgan fingerprint density at radius 3 is 2.54 bits per heavy atom. The van der Waals surface area contributed by atoms with E-state index in [0.717, 1.165) is 32.5 Å². The fraction of sp³-hybridized carbons (Fsp3) is 0.821. The number of rotatable bonds is 5. The minimum Gasteiger partial charge on any atom is -0.369 e. The molecule has 8 unspecified atom stereocenters. The maximum absolute atomic E-state index is 16.1. The second kappa shape index (κ2) is 11.3. The number of likely N-dealkylation sites (tertiary alicyclic amines) is 1. The van der Waals surface area contributed by atoms with Gasteiger partial charge >= 0.3 is 0 Å². The van der Waals surface area contributed by atoms with Crippen LogP contribution >= 0.6 is 11.6 Å². The van der Waals surface area contributed by atoms with E-state index in [0.29, 0.717) is 39.1 Å². The third-order valence-electron chi connectivity index (χ3n) is 9.90. The lowest BCUT2D eigenvalue weighted by Crippen LogP contribution is -2.74. The molecule has 39 heavy (non-hydrogen) atoms. The monoisotopic (exact) mass is 565 g/mol. The number of nitrogens with one attached hydrogen (secondary N) is 1. The molecule has 11 heteroatoms. The molecule has 0 bridgehead atoms. The lowest BCUT2D eigenvalue weighted by Gasteiger charge is -2.61. The topological polar surface area (TPSA) is 85.4 Å². The summed E-state index contributed by atoms with van der Waals surface area (Å²) in [5.41, 5.74) is 0.134. The van der Waals surface area contributed by atoms with Gasteiger partial charge in [-0.25, -0.2) is 4.39 Å². The van der Waals surface area contributed by atoms with Crippen molar-refractivity contribution in [3.05, 3.63) is 11.8 Å². The van der Waals surface area contributed by atoms with Gasteiger partial charge < -0.3 is 24.8 Å². The molecule has 4 heterocycles. The first-order valence-corrected chi connectivity index (χ1v) is 15.2. The number of amides is 2. The van der Waals surface area contributed by atoms with Crippen LogP contribution in [0.4, 0.5) is 4.39 Å². The second-order valence-corrected chi connectivity index (χ2v) is 12.8. The zero-order chi connectivity index (χ0) is 27.3. The number of ether oxygens (including phenoxy) is 1. The van der Waals surface area contributed by atoms with Crippen LogP contribution in [-0.2, 0) is 19.1 Å². The standard InChI is InChI=1S/C28H41ClFN5O4/c1-17(36)33-10-12-34(13-11-33)25-21(30)15-19-24-27(25)39-23-5-4-18(29)14-22(23)35(24)16-20(26(19)37)28(38)31-6-9-32-7-2-3-8-32/h16,18-19,21-25,27H,2-15H2,1H3,(H,31,38). The first-order chi connectivity index (χ1) is 18.8. The van der Waals surface area contributed by atoms with Gasteiger partial charge in [0, 0.05) is 63.7 Å². The number of alkyl halides is 2. The zero-order valence-corrected chi connectivity index (χ0v) is 23.5. The Balaban J connectivity index is 1.25. The van der Waals surface area contributed by atoms with Crippen molar-refractivity contribution in [3.8, 4) is 0 Å². The maximum atomic E-state index is 16.1. The Kier molecular flexibility index (Phi) is 7.92. The number of hydrogen-bond donors (Lipinski definition) is 1. The highest BCUT2D eigenvalue weighted by Gasteiger charge is 2.60. The lowest BCUT2D eigenvalue weighted by molar-refractivity contribution is -0.212. The van der Waals surface area contributed by atoms with E-state index in [1.54, 1.807) is 18.0 Å². The van der Waals surface area contributed by atoms with Crippen LogP contribution in [0.5, 0.6) is 0 Å². The number of fused-ring (bicyclic) bond motifs is 2. The van der Waals surface area contributed by atoms with Gasteiger partial charge in [-0.2, -0.15) is 0 Å². The molecule has 1 N–H and O–H groups in total. The van der Waals surface area contributed by atoms with Gasteiger partial charge in [-0.1, -0.05) is 0 Å². The summed E-state index contributed by atoms with van der Waals surface area (Å²) in [6, 6.07) is -0.865. The first kappa shape index (κ1) is 27.4. The zero-order valence-electron chi connectivity index (χ0n) is 22.8. The summed E-state index contributed by atoms with van der Waals surface area (Å²) in [7, 11) is 0. The van der Waals surface area contributed by atoms with Crippen LogP contribution in [0.25, 0.3) is 0 Å². The minimum absolute atomic E-state index is 0.00147. The molecule has 4 aliphatic heterocycles. The summed E-state index contributed by atoms with van der Waals surface area (Å²) in [6.07, 6.45) is 4.60. The normalized spacial score (nSPS) is 39.2. The van der Waals surface area contributed by atoms with Gasteiger partial charge in [0.1, 0.15) is 6.17 Å². The summed E-state index contributed by atoms with van der Waals surface area (Å²) in [6.45, 7) is 7.18. The van der Waals surface area contributed by atoms with E-state index in [2.05, 4.69) is 20.0 Å². The second-order valence-electron chi connectivity index (χ2n) is 12.2. The average Bonchev–Trinajstić information content (AvgIpc) is 3.44. The molecule has 8 atom stereocenters. The van der Waals surface area contributed by atoms with Gasteiger partial charge in [0.05, 0.1) is 35.9 Å². The Morgan fingerprint density at radius 2 is 1.82 bits per heavy atom. The van der Waals surface area contributed by atoms with Crippen LogP contribution in [-0.4, -0.2) is 131 Å². The molecule has 0 spiro atoms. The van der Waals surface area contributed by atoms with E-state index in [4.69, 9.17) is 16.3 Å². The molecule has 0 aromatic carbocycles. The number of piperazine rings is 1. The summed E-state index contributed by atoms with van der Waals surface area (Å²) in [5.74, 6) is -1.25. The maximum Gasteiger partial charge on any atom is 0.256 e. The van der Waals surface area contributed by atoms with E-state index in [-0.39, 0.29) is 53.2 Å². The van der Waals surface area contributed by atoms with Crippen molar-refractivity contribution in [2.45, 2.75) is 87.3 Å². The number of nitrogens with zero attached hydrogens (tertiary/aromatic N) is 4. The average molecular weight is 566 g/mol. The SMILES string of the molecule is CC(=O)N1CCN(C2C(F)CC3C(=O)C(C(=O)NCCN4CCCC4)=CN4C5CC(Cl)CCC5OC2C34)CC1. The quantitative estimate of drug-likeness (QED) is 0.395. The van der Waals surface area contributed by atoms with Crippen molar-refractivity contribution in [3.63, 3.8) is 0 Å². The highest BCUT2D eigenvalue weighted by atomic mass is 35.5. The highest BCUT2D eigenvalue weighted by molar-refractivity contribution is 6.21. The largest absolute Gasteiger partial charge is 0.369 e. The third-order valence-corrected chi connectivity index (χ3v) is 10.3. The molecule has 0 aromatic rings. The smallest absolute Gasteiger partial charge is 0.256 e. The fourth-order valence-electron chi connectivity index (χ4n) is 7.89. The van der Waals surface area contributed by atoms with Crippen molar-refractivity contribution >= 4 is 29.2 Å². The molecule has 0 radical (unpaired) electrons. The van der Waals surface area contributed by atoms with Gasteiger partial charge in [0.2, 0.25) is 5.91 Å². The van der Waals surface area contributed by atoms with Crippen LogP contribution < -0.4 is 5.32 Å². The Hall–Kier alpha value is -1.75. The molecule has 3 saturated heterocycles. The van der Waals surface area contributed by atoms with E-state index in [9.17, 15) is 14.4 Å². The Morgan fingerprint density at radius 1 is 1.08 bits per heavy atom. The van der Waals surface area contributed by atoms with Crippen LogP contribution in [0.15, 0.2) is 11.8 Å². The molecular weight excluding hydrogens is 525 g/mol. The lowest BCUT2D eigenvalue weighted by atomic mass is 9.69. The van der Waals surface area contributed by atoms with E-state index >= 15 is 4.39 Å². The summed E-state index contributed by atoms with van der Waals surface area (Å²) in [4.78, 5) is 47.3. The molecule has 2 amide bonds. The van der Waals surface area contributed by atoms with Crippen LogP contribution in [0.2, 0.25) is 0 Å². The van der Waals surface area contributed by atoms with Crippen LogP contribution in [0, 0.1) is 5.92 Å². The Bertz CT molecular complexity index is 1000. The molecular formula is C28H41ClFN5O4.